The number of amides is 1. The van der Waals surface area contributed by atoms with Gasteiger partial charge < -0.3 is 5.32 Å². The number of anilines is 1. The van der Waals surface area contributed by atoms with Crippen molar-refractivity contribution < 1.29 is 9.18 Å². The molecular weight excluding hydrogens is 329 g/mol. The third kappa shape index (κ3) is 4.10. The maximum Gasteiger partial charge on any atom is 0.228 e. The lowest BCUT2D eigenvalue weighted by Gasteiger charge is -2.32. The van der Waals surface area contributed by atoms with Crippen molar-refractivity contribution in [2.75, 3.05) is 18.4 Å². The molecule has 1 N–H and O–H groups in total. The molecule has 0 radical (unpaired) electrons. The Hall–Kier alpha value is -1.98. The summed E-state index contributed by atoms with van der Waals surface area (Å²) in [7, 11) is 0. The number of benzene rings is 1. The zero-order valence-electron chi connectivity index (χ0n) is 13.2. The van der Waals surface area contributed by atoms with Gasteiger partial charge in [0.2, 0.25) is 5.91 Å². The second-order valence-electron chi connectivity index (χ2n) is 6.01. The molecule has 2 aromatic rings. The SMILES string of the molecule is O=C(Nc1cccnc1)C1CCCN(Cc2c(F)cccc2Cl)C1. The summed E-state index contributed by atoms with van der Waals surface area (Å²) in [5.41, 5.74) is 1.18. The molecule has 24 heavy (non-hydrogen) atoms. The van der Waals surface area contributed by atoms with Gasteiger partial charge in [0.05, 0.1) is 17.8 Å². The van der Waals surface area contributed by atoms with Crippen LogP contribution in [-0.2, 0) is 11.3 Å². The molecule has 0 bridgehead atoms. The van der Waals surface area contributed by atoms with Crippen LogP contribution in [0.15, 0.2) is 42.7 Å². The van der Waals surface area contributed by atoms with Crippen molar-refractivity contribution in [2.45, 2.75) is 19.4 Å². The predicted molar refractivity (Wildman–Crippen MR) is 92.3 cm³/mol. The molecule has 1 aliphatic rings. The van der Waals surface area contributed by atoms with Gasteiger partial charge in [-0.05, 0) is 43.7 Å². The third-order valence-corrected chi connectivity index (χ3v) is 4.60. The van der Waals surface area contributed by atoms with E-state index in [1.807, 2.05) is 6.07 Å². The summed E-state index contributed by atoms with van der Waals surface area (Å²) in [6.45, 7) is 1.85. The van der Waals surface area contributed by atoms with Gasteiger partial charge in [0.25, 0.3) is 0 Å². The number of hydrogen-bond donors (Lipinski definition) is 1. The van der Waals surface area contributed by atoms with Crippen LogP contribution in [0.4, 0.5) is 10.1 Å². The van der Waals surface area contributed by atoms with E-state index in [-0.39, 0.29) is 17.6 Å². The first-order chi connectivity index (χ1) is 11.6. The Balaban J connectivity index is 1.63. The first kappa shape index (κ1) is 16.9. The Morgan fingerprint density at radius 3 is 3.00 bits per heavy atom. The van der Waals surface area contributed by atoms with Crippen LogP contribution in [0.3, 0.4) is 0 Å². The lowest BCUT2D eigenvalue weighted by molar-refractivity contribution is -0.121. The van der Waals surface area contributed by atoms with E-state index < -0.39 is 0 Å². The molecule has 1 aromatic heterocycles. The van der Waals surface area contributed by atoms with E-state index in [2.05, 4.69) is 15.2 Å². The van der Waals surface area contributed by atoms with Crippen molar-refractivity contribution in [3.63, 3.8) is 0 Å². The number of nitrogens with one attached hydrogen (secondary N) is 1. The minimum absolute atomic E-state index is 0.0210. The summed E-state index contributed by atoms with van der Waals surface area (Å²) in [6.07, 6.45) is 5.01. The van der Waals surface area contributed by atoms with Crippen molar-refractivity contribution in [3.8, 4) is 0 Å². The highest BCUT2D eigenvalue weighted by Gasteiger charge is 2.26. The topological polar surface area (TPSA) is 45.2 Å². The monoisotopic (exact) mass is 347 g/mol. The molecule has 1 fully saturated rings. The lowest BCUT2D eigenvalue weighted by atomic mass is 9.96. The highest BCUT2D eigenvalue weighted by molar-refractivity contribution is 6.31. The minimum Gasteiger partial charge on any atom is -0.324 e. The van der Waals surface area contributed by atoms with Gasteiger partial charge in [0, 0.05) is 29.9 Å². The van der Waals surface area contributed by atoms with E-state index in [0.717, 1.165) is 19.4 Å². The van der Waals surface area contributed by atoms with E-state index >= 15 is 0 Å². The van der Waals surface area contributed by atoms with Gasteiger partial charge in [-0.2, -0.15) is 0 Å². The van der Waals surface area contributed by atoms with E-state index in [0.29, 0.717) is 29.4 Å². The van der Waals surface area contributed by atoms with Crippen LogP contribution in [0.5, 0.6) is 0 Å². The number of likely N-dealkylation sites (tertiary alicyclic amines) is 1. The normalized spacial score (nSPS) is 18.3. The van der Waals surface area contributed by atoms with Gasteiger partial charge in [-0.25, -0.2) is 4.39 Å². The summed E-state index contributed by atoms with van der Waals surface area (Å²) in [4.78, 5) is 18.5. The van der Waals surface area contributed by atoms with Gasteiger partial charge in [0.1, 0.15) is 5.82 Å². The molecule has 4 nitrogen and oxygen atoms in total. The Kier molecular flexibility index (Phi) is 5.43. The standard InChI is InChI=1S/C18H19ClFN3O/c19-16-6-1-7-17(20)15(16)12-23-9-3-4-13(11-23)18(24)22-14-5-2-8-21-10-14/h1-2,5-8,10,13H,3-4,9,11-12H2,(H,22,24). The van der Waals surface area contributed by atoms with Crippen molar-refractivity contribution in [1.29, 1.82) is 0 Å². The molecular formula is C18H19ClFN3O. The quantitative estimate of drug-likeness (QED) is 0.916. The van der Waals surface area contributed by atoms with Gasteiger partial charge in [-0.1, -0.05) is 17.7 Å². The summed E-state index contributed by atoms with van der Waals surface area (Å²) in [6, 6.07) is 8.29. The molecule has 126 valence electrons. The summed E-state index contributed by atoms with van der Waals surface area (Å²) in [5, 5.41) is 3.32. The highest BCUT2D eigenvalue weighted by Crippen LogP contribution is 2.24. The number of aromatic nitrogens is 1. The number of rotatable bonds is 4. The molecule has 2 heterocycles. The van der Waals surface area contributed by atoms with E-state index in [1.54, 1.807) is 30.6 Å². The Bertz CT molecular complexity index is 690. The maximum absolute atomic E-state index is 14.0. The molecule has 1 aliphatic heterocycles. The Labute approximate surface area is 145 Å². The fraction of sp³-hybridized carbons (Fsp3) is 0.333. The van der Waals surface area contributed by atoms with Gasteiger partial charge in [-0.15, -0.1) is 0 Å². The van der Waals surface area contributed by atoms with Gasteiger partial charge >= 0.3 is 0 Å². The number of piperidine rings is 1. The smallest absolute Gasteiger partial charge is 0.228 e. The second kappa shape index (κ2) is 7.73. The van der Waals surface area contributed by atoms with Crippen molar-refractivity contribution in [3.05, 3.63) is 59.1 Å². The van der Waals surface area contributed by atoms with Crippen LogP contribution in [0.2, 0.25) is 5.02 Å². The molecule has 1 aromatic carbocycles. The van der Waals surface area contributed by atoms with E-state index in [9.17, 15) is 9.18 Å². The summed E-state index contributed by atoms with van der Waals surface area (Å²) < 4.78 is 14.0. The number of hydrogen-bond acceptors (Lipinski definition) is 3. The summed E-state index contributed by atoms with van der Waals surface area (Å²) in [5.74, 6) is -0.443. The maximum atomic E-state index is 14.0. The minimum atomic E-state index is -0.301. The second-order valence-corrected chi connectivity index (χ2v) is 6.41. The van der Waals surface area contributed by atoms with Crippen LogP contribution in [0.1, 0.15) is 18.4 Å². The van der Waals surface area contributed by atoms with Crippen molar-refractivity contribution >= 4 is 23.2 Å². The predicted octanol–water partition coefficient (Wildman–Crippen LogP) is 3.72. The van der Waals surface area contributed by atoms with Gasteiger partial charge in [-0.3, -0.25) is 14.7 Å². The van der Waals surface area contributed by atoms with Crippen molar-refractivity contribution in [2.24, 2.45) is 5.92 Å². The first-order valence-electron chi connectivity index (χ1n) is 7.99. The van der Waals surface area contributed by atoms with Crippen LogP contribution < -0.4 is 5.32 Å². The lowest BCUT2D eigenvalue weighted by Crippen LogP contribution is -2.40. The Morgan fingerprint density at radius 2 is 2.25 bits per heavy atom. The molecule has 6 heteroatoms. The number of carbonyl (C=O) groups is 1. The zero-order chi connectivity index (χ0) is 16.9. The van der Waals surface area contributed by atoms with Crippen LogP contribution in [-0.4, -0.2) is 28.9 Å². The average molecular weight is 348 g/mol. The number of halogens is 2. The molecule has 0 spiro atoms. The number of nitrogens with zero attached hydrogens (tertiary/aromatic N) is 2. The zero-order valence-corrected chi connectivity index (χ0v) is 14.0. The fourth-order valence-electron chi connectivity index (χ4n) is 3.00. The highest BCUT2D eigenvalue weighted by atomic mass is 35.5. The molecule has 1 atom stereocenters. The van der Waals surface area contributed by atoms with Gasteiger partial charge in [0.15, 0.2) is 0 Å². The number of carbonyl (C=O) groups excluding carboxylic acids is 1. The summed E-state index contributed by atoms with van der Waals surface area (Å²) >= 11 is 6.10. The average Bonchev–Trinajstić information content (AvgIpc) is 2.59. The van der Waals surface area contributed by atoms with Crippen molar-refractivity contribution in [1.82, 2.24) is 9.88 Å². The molecule has 1 amide bonds. The molecule has 0 saturated carbocycles. The van der Waals surface area contributed by atoms with E-state index in [1.165, 1.54) is 6.07 Å². The first-order valence-corrected chi connectivity index (χ1v) is 8.37. The molecule has 3 rings (SSSR count). The van der Waals surface area contributed by atoms with Crippen LogP contribution in [0, 0.1) is 11.7 Å². The fourth-order valence-corrected chi connectivity index (χ4v) is 3.22. The molecule has 0 aliphatic carbocycles. The van der Waals surface area contributed by atoms with E-state index in [4.69, 9.17) is 11.6 Å². The van der Waals surface area contributed by atoms with Crippen LogP contribution >= 0.6 is 11.6 Å². The van der Waals surface area contributed by atoms with Crippen LogP contribution in [0.25, 0.3) is 0 Å². The Morgan fingerprint density at radius 1 is 1.38 bits per heavy atom. The number of pyridine rings is 1. The molecule has 1 saturated heterocycles. The third-order valence-electron chi connectivity index (χ3n) is 4.25. The molecule has 1 unspecified atom stereocenters. The largest absolute Gasteiger partial charge is 0.324 e.